The number of allylic oxidation sites excluding steroid dienone is 2. The Kier molecular flexibility index (Phi) is 6.16. The SMILES string of the molecule is Cc1cc(C=C(C#N)S(=O)(=O)C=C(C#N)c2cc(C)c(O)c(C)c2)cc(C)c1O. The van der Waals surface area contributed by atoms with Gasteiger partial charge in [0.05, 0.1) is 11.0 Å². The maximum Gasteiger partial charge on any atom is 0.211 e. The Balaban J connectivity index is 2.59. The second-order valence-corrected chi connectivity index (χ2v) is 8.54. The van der Waals surface area contributed by atoms with Crippen LogP contribution in [0.2, 0.25) is 0 Å². The molecule has 148 valence electrons. The van der Waals surface area contributed by atoms with Crippen molar-refractivity contribution in [3.05, 3.63) is 68.0 Å². The Morgan fingerprint density at radius 2 is 1.31 bits per heavy atom. The van der Waals surface area contributed by atoms with Crippen LogP contribution in [-0.2, 0) is 9.84 Å². The molecular formula is C22H20N2O4S. The van der Waals surface area contributed by atoms with Crippen molar-refractivity contribution in [2.75, 3.05) is 0 Å². The first-order valence-electron chi connectivity index (χ1n) is 8.59. The zero-order valence-corrected chi connectivity index (χ0v) is 17.3. The van der Waals surface area contributed by atoms with Crippen molar-refractivity contribution in [2.45, 2.75) is 27.7 Å². The van der Waals surface area contributed by atoms with E-state index in [4.69, 9.17) is 0 Å². The highest BCUT2D eigenvalue weighted by molar-refractivity contribution is 7.98. The summed E-state index contributed by atoms with van der Waals surface area (Å²) in [6, 6.07) is 9.67. The molecule has 2 aromatic carbocycles. The molecule has 0 saturated carbocycles. The van der Waals surface area contributed by atoms with Crippen molar-refractivity contribution in [2.24, 2.45) is 0 Å². The lowest BCUT2D eigenvalue weighted by Crippen LogP contribution is -2.00. The average Bonchev–Trinajstić information content (AvgIpc) is 2.65. The standard InChI is InChI=1S/C22H20N2O4S/c1-13-5-17(6-14(2)21(13)25)9-20(11-24)29(27,28)12-19(10-23)18-7-15(3)22(26)16(4)8-18/h5-9,12,25-26H,1-4H3. The first-order valence-corrected chi connectivity index (χ1v) is 10.1. The van der Waals surface area contributed by atoms with Gasteiger partial charge in [-0.25, -0.2) is 8.42 Å². The molecule has 0 radical (unpaired) electrons. The van der Waals surface area contributed by atoms with Gasteiger partial charge < -0.3 is 10.2 Å². The summed E-state index contributed by atoms with van der Waals surface area (Å²) >= 11 is 0. The number of hydrogen-bond acceptors (Lipinski definition) is 6. The lowest BCUT2D eigenvalue weighted by atomic mass is 10.0. The number of aryl methyl sites for hydroxylation is 4. The van der Waals surface area contributed by atoms with E-state index in [0.29, 0.717) is 33.4 Å². The van der Waals surface area contributed by atoms with Crippen LogP contribution in [0.5, 0.6) is 11.5 Å². The minimum absolute atomic E-state index is 0.0737. The highest BCUT2D eigenvalue weighted by Crippen LogP contribution is 2.29. The highest BCUT2D eigenvalue weighted by atomic mass is 32.2. The molecule has 2 aromatic rings. The van der Waals surface area contributed by atoms with Crippen molar-refractivity contribution >= 4 is 21.5 Å². The Morgan fingerprint density at radius 3 is 1.72 bits per heavy atom. The zero-order chi connectivity index (χ0) is 21.9. The van der Waals surface area contributed by atoms with Crippen molar-refractivity contribution in [3.63, 3.8) is 0 Å². The van der Waals surface area contributed by atoms with Crippen molar-refractivity contribution < 1.29 is 18.6 Å². The van der Waals surface area contributed by atoms with Gasteiger partial charge in [0, 0.05) is 0 Å². The summed E-state index contributed by atoms with van der Waals surface area (Å²) in [7, 11) is -4.21. The molecule has 0 aromatic heterocycles. The van der Waals surface area contributed by atoms with Gasteiger partial charge in [0.1, 0.15) is 28.5 Å². The Bertz CT molecular complexity index is 1190. The Labute approximate surface area is 170 Å². The highest BCUT2D eigenvalue weighted by Gasteiger charge is 2.18. The molecule has 0 fully saturated rings. The Morgan fingerprint density at radius 1 is 0.862 bits per heavy atom. The molecule has 0 heterocycles. The van der Waals surface area contributed by atoms with Gasteiger partial charge in [-0.3, -0.25) is 0 Å². The van der Waals surface area contributed by atoms with Gasteiger partial charge in [0.25, 0.3) is 0 Å². The molecule has 0 aliphatic rings. The van der Waals surface area contributed by atoms with Gasteiger partial charge >= 0.3 is 0 Å². The van der Waals surface area contributed by atoms with Crippen LogP contribution in [0.15, 0.2) is 34.6 Å². The minimum Gasteiger partial charge on any atom is -0.507 e. The summed E-state index contributed by atoms with van der Waals surface area (Å²) in [5.41, 5.74) is 2.74. The van der Waals surface area contributed by atoms with Gasteiger partial charge in [0.2, 0.25) is 9.84 Å². The van der Waals surface area contributed by atoms with E-state index in [-0.39, 0.29) is 17.1 Å². The smallest absolute Gasteiger partial charge is 0.211 e. The van der Waals surface area contributed by atoms with Crippen molar-refractivity contribution in [1.82, 2.24) is 0 Å². The summed E-state index contributed by atoms with van der Waals surface area (Å²) in [6.45, 7) is 6.63. The second-order valence-electron chi connectivity index (χ2n) is 6.77. The van der Waals surface area contributed by atoms with Crippen LogP contribution in [0.1, 0.15) is 33.4 Å². The van der Waals surface area contributed by atoms with Crippen LogP contribution in [0.4, 0.5) is 0 Å². The fourth-order valence-corrected chi connectivity index (χ4v) is 3.94. The third-order valence-corrected chi connectivity index (χ3v) is 5.79. The zero-order valence-electron chi connectivity index (χ0n) is 16.5. The number of rotatable bonds is 4. The quantitative estimate of drug-likeness (QED) is 0.732. The predicted octanol–water partition coefficient (Wildman–Crippen LogP) is 4.18. The lowest BCUT2D eigenvalue weighted by molar-refractivity contribution is 0.466. The van der Waals surface area contributed by atoms with Gasteiger partial charge in [-0.05, 0) is 91.4 Å². The summed E-state index contributed by atoms with van der Waals surface area (Å²) in [5.74, 6) is 0.179. The molecule has 6 nitrogen and oxygen atoms in total. The molecule has 0 aliphatic heterocycles. The largest absolute Gasteiger partial charge is 0.507 e. The summed E-state index contributed by atoms with van der Waals surface area (Å²) in [4.78, 5) is -0.526. The van der Waals surface area contributed by atoms with Crippen LogP contribution in [0.25, 0.3) is 11.6 Å². The summed E-state index contributed by atoms with van der Waals surface area (Å²) in [5, 5.41) is 39.4. The van der Waals surface area contributed by atoms with Crippen LogP contribution in [0.3, 0.4) is 0 Å². The molecule has 7 heteroatoms. The molecule has 0 saturated heterocycles. The van der Waals surface area contributed by atoms with E-state index in [0.717, 1.165) is 5.41 Å². The normalized spacial score (nSPS) is 12.3. The van der Waals surface area contributed by atoms with E-state index in [1.54, 1.807) is 45.9 Å². The molecule has 0 spiro atoms. The summed E-state index contributed by atoms with van der Waals surface area (Å²) in [6.07, 6.45) is 1.20. The molecule has 0 atom stereocenters. The molecular weight excluding hydrogens is 388 g/mol. The van der Waals surface area contributed by atoms with Crippen LogP contribution < -0.4 is 0 Å². The van der Waals surface area contributed by atoms with Crippen LogP contribution >= 0.6 is 0 Å². The number of phenols is 2. The molecule has 0 unspecified atom stereocenters. The van der Waals surface area contributed by atoms with Gasteiger partial charge in [0.15, 0.2) is 0 Å². The Hall–Kier alpha value is -3.55. The number of nitrogens with zero attached hydrogens (tertiary/aromatic N) is 2. The molecule has 0 amide bonds. The predicted molar refractivity (Wildman–Crippen MR) is 111 cm³/mol. The molecule has 2 N–H and O–H groups in total. The lowest BCUT2D eigenvalue weighted by Gasteiger charge is -2.08. The maximum atomic E-state index is 12.8. The minimum atomic E-state index is -4.21. The summed E-state index contributed by atoms with van der Waals surface area (Å²) < 4.78 is 25.5. The number of nitriles is 2. The van der Waals surface area contributed by atoms with Gasteiger partial charge in [-0.1, -0.05) is 0 Å². The van der Waals surface area contributed by atoms with Crippen molar-refractivity contribution in [3.8, 4) is 23.6 Å². The van der Waals surface area contributed by atoms with Crippen LogP contribution in [-0.4, -0.2) is 18.6 Å². The monoisotopic (exact) mass is 408 g/mol. The first kappa shape index (κ1) is 21.7. The average molecular weight is 408 g/mol. The molecule has 0 aliphatic carbocycles. The fourth-order valence-electron chi connectivity index (χ4n) is 2.89. The van der Waals surface area contributed by atoms with Gasteiger partial charge in [-0.15, -0.1) is 0 Å². The topological polar surface area (TPSA) is 122 Å². The van der Waals surface area contributed by atoms with E-state index < -0.39 is 14.7 Å². The second kappa shape index (κ2) is 8.22. The number of hydrogen-bond donors (Lipinski definition) is 2. The molecule has 0 bridgehead atoms. The van der Waals surface area contributed by atoms with E-state index in [9.17, 15) is 29.2 Å². The van der Waals surface area contributed by atoms with E-state index in [1.807, 2.05) is 6.07 Å². The number of sulfone groups is 1. The molecule has 2 rings (SSSR count). The van der Waals surface area contributed by atoms with Gasteiger partial charge in [-0.2, -0.15) is 10.5 Å². The third-order valence-electron chi connectivity index (χ3n) is 4.42. The van der Waals surface area contributed by atoms with E-state index in [1.165, 1.54) is 18.2 Å². The third kappa shape index (κ3) is 4.66. The number of aromatic hydroxyl groups is 2. The van der Waals surface area contributed by atoms with E-state index in [2.05, 4.69) is 0 Å². The fraction of sp³-hybridized carbons (Fsp3) is 0.182. The molecule has 29 heavy (non-hydrogen) atoms. The first-order chi connectivity index (χ1) is 13.5. The number of benzene rings is 2. The van der Waals surface area contributed by atoms with Crippen molar-refractivity contribution in [1.29, 1.82) is 10.5 Å². The van der Waals surface area contributed by atoms with E-state index >= 15 is 0 Å². The van der Waals surface area contributed by atoms with Crippen LogP contribution in [0, 0.1) is 50.4 Å². The number of phenolic OH excluding ortho intramolecular Hbond substituents is 2. The maximum absolute atomic E-state index is 12.8.